The molecule has 0 aliphatic heterocycles. The highest BCUT2D eigenvalue weighted by atomic mass is 16.5. The van der Waals surface area contributed by atoms with E-state index in [1.807, 2.05) is 5.43 Å². The molecule has 0 unspecified atom stereocenters. The van der Waals surface area contributed by atoms with Gasteiger partial charge in [0.25, 0.3) is 5.91 Å². The summed E-state index contributed by atoms with van der Waals surface area (Å²) in [6.07, 6.45) is 0. The molecule has 2 rings (SSSR count). The quantitative estimate of drug-likeness (QED) is 0.259. The number of nitrogens with one attached hydrogen (secondary N) is 3. The average Bonchev–Trinajstić information content (AvgIpc) is 2.67. The maximum atomic E-state index is 12.1. The van der Waals surface area contributed by atoms with Gasteiger partial charge in [-0.1, -0.05) is 24.3 Å². The SMILES string of the molecule is COc1ccccc1NC(=O)C(=O)Nc1ccccc1OCC(=O)NN. The van der Waals surface area contributed by atoms with Crippen LogP contribution in [-0.4, -0.2) is 31.4 Å². The minimum absolute atomic E-state index is 0.217. The summed E-state index contributed by atoms with van der Waals surface area (Å²) in [5.41, 5.74) is 2.52. The van der Waals surface area contributed by atoms with Gasteiger partial charge in [0.05, 0.1) is 18.5 Å². The van der Waals surface area contributed by atoms with Crippen LogP contribution in [0.2, 0.25) is 0 Å². The molecule has 0 saturated heterocycles. The molecule has 0 heterocycles. The molecule has 2 aromatic rings. The van der Waals surface area contributed by atoms with Crippen molar-refractivity contribution in [3.05, 3.63) is 48.5 Å². The average molecular weight is 358 g/mol. The minimum atomic E-state index is -0.907. The van der Waals surface area contributed by atoms with Gasteiger partial charge in [0.15, 0.2) is 6.61 Å². The van der Waals surface area contributed by atoms with Crippen LogP contribution in [0.1, 0.15) is 0 Å². The van der Waals surface area contributed by atoms with E-state index in [1.54, 1.807) is 36.4 Å². The second-order valence-corrected chi connectivity index (χ2v) is 4.96. The third-order valence-corrected chi connectivity index (χ3v) is 3.22. The van der Waals surface area contributed by atoms with Gasteiger partial charge in [0, 0.05) is 0 Å². The van der Waals surface area contributed by atoms with E-state index in [9.17, 15) is 14.4 Å². The van der Waals surface area contributed by atoms with Crippen molar-refractivity contribution in [2.75, 3.05) is 24.4 Å². The maximum absolute atomic E-state index is 12.1. The largest absolute Gasteiger partial charge is 0.495 e. The summed E-state index contributed by atoms with van der Waals surface area (Å²) in [7, 11) is 1.45. The van der Waals surface area contributed by atoms with E-state index in [0.29, 0.717) is 11.4 Å². The molecule has 0 aromatic heterocycles. The van der Waals surface area contributed by atoms with Gasteiger partial charge in [-0.2, -0.15) is 0 Å². The summed E-state index contributed by atoms with van der Waals surface area (Å²) >= 11 is 0. The third kappa shape index (κ3) is 4.95. The number of hydrogen-bond acceptors (Lipinski definition) is 6. The zero-order valence-corrected chi connectivity index (χ0v) is 13.9. The third-order valence-electron chi connectivity index (χ3n) is 3.22. The number of methoxy groups -OCH3 is 1. The fraction of sp³-hybridized carbons (Fsp3) is 0.118. The molecule has 5 N–H and O–H groups in total. The van der Waals surface area contributed by atoms with Crippen molar-refractivity contribution in [1.82, 2.24) is 5.43 Å². The number of carbonyl (C=O) groups excluding carboxylic acids is 3. The number of benzene rings is 2. The van der Waals surface area contributed by atoms with Crippen molar-refractivity contribution in [2.45, 2.75) is 0 Å². The van der Waals surface area contributed by atoms with Crippen molar-refractivity contribution < 1.29 is 23.9 Å². The Morgan fingerprint density at radius 3 is 1.92 bits per heavy atom. The first-order chi connectivity index (χ1) is 12.5. The predicted molar refractivity (Wildman–Crippen MR) is 94.5 cm³/mol. The highest BCUT2D eigenvalue weighted by molar-refractivity contribution is 6.43. The van der Waals surface area contributed by atoms with E-state index in [1.165, 1.54) is 19.2 Å². The van der Waals surface area contributed by atoms with Crippen LogP contribution in [0, 0.1) is 0 Å². The minimum Gasteiger partial charge on any atom is -0.495 e. The first-order valence-corrected chi connectivity index (χ1v) is 7.51. The van der Waals surface area contributed by atoms with Gasteiger partial charge in [-0.3, -0.25) is 19.8 Å². The van der Waals surface area contributed by atoms with Crippen molar-refractivity contribution in [3.8, 4) is 11.5 Å². The van der Waals surface area contributed by atoms with E-state index in [4.69, 9.17) is 15.3 Å². The Bertz CT molecular complexity index is 809. The lowest BCUT2D eigenvalue weighted by molar-refractivity contribution is -0.133. The summed E-state index contributed by atoms with van der Waals surface area (Å²) in [6, 6.07) is 13.1. The fourth-order valence-corrected chi connectivity index (χ4v) is 1.99. The molecule has 2 aromatic carbocycles. The number of hydrazine groups is 1. The van der Waals surface area contributed by atoms with Gasteiger partial charge in [0.2, 0.25) is 0 Å². The van der Waals surface area contributed by atoms with Gasteiger partial charge < -0.3 is 20.1 Å². The highest BCUT2D eigenvalue weighted by Crippen LogP contribution is 2.25. The summed E-state index contributed by atoms with van der Waals surface area (Å²) < 4.78 is 10.4. The zero-order valence-electron chi connectivity index (χ0n) is 13.9. The first-order valence-electron chi connectivity index (χ1n) is 7.51. The number of rotatable bonds is 6. The van der Waals surface area contributed by atoms with Crippen molar-refractivity contribution in [3.63, 3.8) is 0 Å². The Morgan fingerprint density at radius 2 is 1.38 bits per heavy atom. The summed E-state index contributed by atoms with van der Waals surface area (Å²) in [5.74, 6) is 3.28. The Balaban J connectivity index is 2.05. The van der Waals surface area contributed by atoms with Crippen LogP contribution >= 0.6 is 0 Å². The lowest BCUT2D eigenvalue weighted by Gasteiger charge is -2.12. The van der Waals surface area contributed by atoms with Crippen molar-refractivity contribution >= 4 is 29.1 Å². The van der Waals surface area contributed by atoms with Crippen molar-refractivity contribution in [1.29, 1.82) is 0 Å². The van der Waals surface area contributed by atoms with Crippen LogP contribution in [-0.2, 0) is 14.4 Å². The molecule has 0 aliphatic rings. The van der Waals surface area contributed by atoms with Crippen LogP contribution in [0.5, 0.6) is 11.5 Å². The maximum Gasteiger partial charge on any atom is 0.314 e. The number of para-hydroxylation sites is 4. The topological polar surface area (TPSA) is 132 Å². The second kappa shape index (κ2) is 9.04. The number of anilines is 2. The number of ether oxygens (including phenoxy) is 2. The van der Waals surface area contributed by atoms with Crippen LogP contribution in [0.25, 0.3) is 0 Å². The lowest BCUT2D eigenvalue weighted by Crippen LogP contribution is -2.34. The first kappa shape index (κ1) is 18.7. The molecule has 0 spiro atoms. The Labute approximate surface area is 149 Å². The molecule has 0 fully saturated rings. The van der Waals surface area contributed by atoms with E-state index in [0.717, 1.165) is 0 Å². The number of amides is 3. The monoisotopic (exact) mass is 358 g/mol. The Morgan fingerprint density at radius 1 is 0.885 bits per heavy atom. The second-order valence-electron chi connectivity index (χ2n) is 4.96. The highest BCUT2D eigenvalue weighted by Gasteiger charge is 2.17. The zero-order chi connectivity index (χ0) is 18.9. The van der Waals surface area contributed by atoms with Gasteiger partial charge in [-0.05, 0) is 24.3 Å². The molecule has 3 amide bonds. The van der Waals surface area contributed by atoms with Gasteiger partial charge >= 0.3 is 11.8 Å². The number of nitrogens with two attached hydrogens (primary N) is 1. The van der Waals surface area contributed by atoms with E-state index < -0.39 is 17.7 Å². The predicted octanol–water partition coefficient (Wildman–Crippen LogP) is 0.641. The molecule has 9 heteroatoms. The molecule has 0 radical (unpaired) electrons. The summed E-state index contributed by atoms with van der Waals surface area (Å²) in [5, 5.41) is 4.89. The summed E-state index contributed by atoms with van der Waals surface area (Å²) in [6.45, 7) is -0.337. The molecule has 26 heavy (non-hydrogen) atoms. The van der Waals surface area contributed by atoms with Gasteiger partial charge in [-0.25, -0.2) is 5.84 Å². The molecule has 0 aliphatic carbocycles. The van der Waals surface area contributed by atoms with E-state index in [-0.39, 0.29) is 18.0 Å². The van der Waals surface area contributed by atoms with E-state index >= 15 is 0 Å². The Hall–Kier alpha value is -3.59. The molecule has 9 nitrogen and oxygen atoms in total. The summed E-state index contributed by atoms with van der Waals surface area (Å²) in [4.78, 5) is 35.4. The fourth-order valence-electron chi connectivity index (χ4n) is 1.99. The molecular weight excluding hydrogens is 340 g/mol. The Kier molecular flexibility index (Phi) is 6.52. The van der Waals surface area contributed by atoms with Crippen LogP contribution < -0.4 is 31.4 Å². The van der Waals surface area contributed by atoms with Gasteiger partial charge in [-0.15, -0.1) is 0 Å². The lowest BCUT2D eigenvalue weighted by atomic mass is 10.2. The van der Waals surface area contributed by atoms with E-state index in [2.05, 4.69) is 10.6 Å². The molecule has 0 saturated carbocycles. The number of carbonyl (C=O) groups is 3. The van der Waals surface area contributed by atoms with Crippen LogP contribution in [0.15, 0.2) is 48.5 Å². The van der Waals surface area contributed by atoms with Crippen LogP contribution in [0.3, 0.4) is 0 Å². The molecule has 0 bridgehead atoms. The molecule has 136 valence electrons. The van der Waals surface area contributed by atoms with Crippen LogP contribution in [0.4, 0.5) is 11.4 Å². The molecule has 0 atom stereocenters. The number of hydrogen-bond donors (Lipinski definition) is 4. The normalized spacial score (nSPS) is 9.77. The smallest absolute Gasteiger partial charge is 0.314 e. The van der Waals surface area contributed by atoms with Crippen molar-refractivity contribution in [2.24, 2.45) is 5.84 Å². The standard InChI is InChI=1S/C17H18N4O5/c1-25-13-8-4-2-6-11(13)19-16(23)17(24)20-12-7-3-5-9-14(12)26-10-15(22)21-18/h2-9H,10,18H2,1H3,(H,19,23)(H,20,24)(H,21,22). The van der Waals surface area contributed by atoms with Gasteiger partial charge in [0.1, 0.15) is 11.5 Å². The molecular formula is C17H18N4O5.